The lowest BCUT2D eigenvalue weighted by Crippen LogP contribution is -2.32. The summed E-state index contributed by atoms with van der Waals surface area (Å²) in [6.07, 6.45) is 0. The predicted octanol–water partition coefficient (Wildman–Crippen LogP) is 3.42. The van der Waals surface area contributed by atoms with Gasteiger partial charge in [0.1, 0.15) is 11.5 Å². The molecule has 1 unspecified atom stereocenters. The molecule has 0 spiro atoms. The fourth-order valence-electron chi connectivity index (χ4n) is 3.21. The predicted molar refractivity (Wildman–Crippen MR) is 105 cm³/mol. The number of phenols is 1. The number of benzene rings is 2. The molecule has 0 radical (unpaired) electrons. The fraction of sp³-hybridized carbons (Fsp3) is 0.238. The number of carbonyl (C=O) groups excluding carboxylic acids is 2. The molecule has 0 aromatic heterocycles. The van der Waals surface area contributed by atoms with Gasteiger partial charge in [-0.2, -0.15) is 0 Å². The van der Waals surface area contributed by atoms with Gasteiger partial charge < -0.3 is 19.8 Å². The molecule has 1 aliphatic heterocycles. The van der Waals surface area contributed by atoms with Gasteiger partial charge in [0, 0.05) is 19.2 Å². The highest BCUT2D eigenvalue weighted by Crippen LogP contribution is 2.41. The smallest absolute Gasteiger partial charge is 0.295 e. The Morgan fingerprint density at radius 3 is 2.46 bits per heavy atom. The monoisotopic (exact) mass is 401 g/mol. The third-order valence-corrected chi connectivity index (χ3v) is 4.99. The van der Waals surface area contributed by atoms with E-state index in [2.05, 4.69) is 0 Å². The summed E-state index contributed by atoms with van der Waals surface area (Å²) in [4.78, 5) is 26.7. The highest BCUT2D eigenvalue weighted by molar-refractivity contribution is 6.46. The molecule has 1 fully saturated rings. The van der Waals surface area contributed by atoms with Gasteiger partial charge in [0.05, 0.1) is 23.2 Å². The number of likely N-dealkylation sites (tertiary alicyclic amines) is 1. The van der Waals surface area contributed by atoms with E-state index < -0.39 is 17.7 Å². The van der Waals surface area contributed by atoms with Gasteiger partial charge in [0.2, 0.25) is 0 Å². The lowest BCUT2D eigenvalue weighted by molar-refractivity contribution is -0.140. The minimum atomic E-state index is -0.838. The molecular formula is C21H20ClNO5. The van der Waals surface area contributed by atoms with E-state index in [1.54, 1.807) is 18.2 Å². The summed E-state index contributed by atoms with van der Waals surface area (Å²) in [7, 11) is 1.50. The maximum absolute atomic E-state index is 12.8. The molecule has 0 saturated carbocycles. The Morgan fingerprint density at radius 1 is 1.18 bits per heavy atom. The molecule has 28 heavy (non-hydrogen) atoms. The molecular weight excluding hydrogens is 382 g/mol. The summed E-state index contributed by atoms with van der Waals surface area (Å²) < 4.78 is 5.06. The lowest BCUT2D eigenvalue weighted by Gasteiger charge is -2.25. The van der Waals surface area contributed by atoms with Crippen molar-refractivity contribution in [2.24, 2.45) is 0 Å². The van der Waals surface area contributed by atoms with Gasteiger partial charge in [-0.1, -0.05) is 47.5 Å². The molecule has 2 N–H and O–H groups in total. The molecule has 146 valence electrons. The fourth-order valence-corrected chi connectivity index (χ4v) is 3.40. The maximum atomic E-state index is 12.8. The highest BCUT2D eigenvalue weighted by atomic mass is 35.5. The van der Waals surface area contributed by atoms with Crippen LogP contribution in [0.3, 0.4) is 0 Å². The van der Waals surface area contributed by atoms with Crippen molar-refractivity contribution >= 4 is 29.1 Å². The van der Waals surface area contributed by atoms with Crippen LogP contribution >= 0.6 is 11.6 Å². The highest BCUT2D eigenvalue weighted by Gasteiger charge is 2.46. The normalized spacial score (nSPS) is 18.7. The Balaban J connectivity index is 2.17. The van der Waals surface area contributed by atoms with Crippen LogP contribution in [0.2, 0.25) is 5.02 Å². The van der Waals surface area contributed by atoms with Crippen molar-refractivity contribution in [3.8, 4) is 5.75 Å². The number of carbonyl (C=O) groups is 2. The van der Waals surface area contributed by atoms with E-state index in [1.165, 1.54) is 24.1 Å². The summed E-state index contributed by atoms with van der Waals surface area (Å²) in [6.45, 7) is 2.29. The number of phenolic OH excluding ortho intramolecular Hbond substituents is 1. The standard InChI is InChI=1S/C21H20ClNO5/c1-12-3-5-13(6-4-12)19(25)17-18(14-7-8-16(24)15(22)11-14)23(9-10-28-2)21(27)20(17)26/h3-8,11,18,24-25H,9-10H2,1-2H3/b19-17-. The Kier molecular flexibility index (Phi) is 5.72. The van der Waals surface area contributed by atoms with Crippen molar-refractivity contribution in [1.29, 1.82) is 0 Å². The number of aromatic hydroxyl groups is 1. The molecule has 1 heterocycles. The summed E-state index contributed by atoms with van der Waals surface area (Å²) >= 11 is 6.04. The average Bonchev–Trinajstić information content (AvgIpc) is 2.93. The van der Waals surface area contributed by atoms with Gasteiger partial charge in [-0.05, 0) is 24.6 Å². The Labute approximate surface area is 167 Å². The summed E-state index contributed by atoms with van der Waals surface area (Å²) in [5.41, 5.74) is 1.92. The minimum absolute atomic E-state index is 0.0216. The number of halogens is 1. The number of aliphatic hydroxyl groups is 1. The van der Waals surface area contributed by atoms with Gasteiger partial charge in [-0.25, -0.2) is 0 Å². The van der Waals surface area contributed by atoms with Crippen molar-refractivity contribution in [3.63, 3.8) is 0 Å². The third-order valence-electron chi connectivity index (χ3n) is 4.69. The summed E-state index contributed by atoms with van der Waals surface area (Å²) in [5.74, 6) is -1.87. The number of ketones is 1. The third kappa shape index (κ3) is 3.61. The SMILES string of the molecule is COCCN1C(=O)C(=O)/C(=C(\O)c2ccc(C)cc2)C1c1ccc(O)c(Cl)c1. The van der Waals surface area contributed by atoms with Gasteiger partial charge in [0.15, 0.2) is 0 Å². The first-order valence-electron chi connectivity index (χ1n) is 8.68. The van der Waals surface area contributed by atoms with Crippen LogP contribution in [0.5, 0.6) is 5.75 Å². The number of aryl methyl sites for hydroxylation is 1. The van der Waals surface area contributed by atoms with Crippen molar-refractivity contribution in [2.75, 3.05) is 20.3 Å². The summed E-state index contributed by atoms with van der Waals surface area (Å²) in [5, 5.41) is 20.7. The molecule has 1 saturated heterocycles. The van der Waals surface area contributed by atoms with E-state index in [9.17, 15) is 19.8 Å². The second-order valence-electron chi connectivity index (χ2n) is 6.56. The van der Waals surface area contributed by atoms with E-state index in [4.69, 9.17) is 16.3 Å². The van der Waals surface area contributed by atoms with E-state index in [0.717, 1.165) is 5.56 Å². The molecule has 1 atom stereocenters. The quantitative estimate of drug-likeness (QED) is 0.455. The van der Waals surface area contributed by atoms with Crippen molar-refractivity contribution < 1.29 is 24.5 Å². The van der Waals surface area contributed by atoms with Gasteiger partial charge in [-0.3, -0.25) is 9.59 Å². The number of methoxy groups -OCH3 is 1. The Morgan fingerprint density at radius 2 is 1.86 bits per heavy atom. The Hall–Kier alpha value is -2.83. The minimum Gasteiger partial charge on any atom is -0.507 e. The summed E-state index contributed by atoms with van der Waals surface area (Å²) in [6, 6.07) is 10.6. The van der Waals surface area contributed by atoms with Crippen LogP contribution < -0.4 is 0 Å². The number of aliphatic hydroxyl groups excluding tert-OH is 1. The zero-order chi connectivity index (χ0) is 20.4. The van der Waals surface area contributed by atoms with E-state index in [1.807, 2.05) is 19.1 Å². The van der Waals surface area contributed by atoms with Crippen molar-refractivity contribution in [1.82, 2.24) is 4.90 Å². The molecule has 3 rings (SSSR count). The zero-order valence-corrected chi connectivity index (χ0v) is 16.2. The van der Waals surface area contributed by atoms with Gasteiger partial charge in [0.25, 0.3) is 11.7 Å². The lowest BCUT2D eigenvalue weighted by atomic mass is 9.95. The van der Waals surface area contributed by atoms with Crippen LogP contribution in [0.15, 0.2) is 48.0 Å². The van der Waals surface area contributed by atoms with Gasteiger partial charge >= 0.3 is 0 Å². The molecule has 6 nitrogen and oxygen atoms in total. The molecule has 7 heteroatoms. The number of nitrogens with zero attached hydrogens (tertiary/aromatic N) is 1. The van der Waals surface area contributed by atoms with Crippen LogP contribution in [0.25, 0.3) is 5.76 Å². The van der Waals surface area contributed by atoms with Crippen LogP contribution in [0.4, 0.5) is 0 Å². The Bertz CT molecular complexity index is 952. The number of ether oxygens (including phenoxy) is 1. The van der Waals surface area contributed by atoms with E-state index >= 15 is 0 Å². The van der Waals surface area contributed by atoms with Crippen molar-refractivity contribution in [2.45, 2.75) is 13.0 Å². The van der Waals surface area contributed by atoms with Crippen LogP contribution in [0.1, 0.15) is 22.7 Å². The topological polar surface area (TPSA) is 87.1 Å². The molecule has 2 aromatic rings. The van der Waals surface area contributed by atoms with Crippen molar-refractivity contribution in [3.05, 3.63) is 69.8 Å². The van der Waals surface area contributed by atoms with Gasteiger partial charge in [-0.15, -0.1) is 0 Å². The number of Topliss-reactive ketones (excluding diaryl/α,β-unsaturated/α-hetero) is 1. The second kappa shape index (κ2) is 8.04. The van der Waals surface area contributed by atoms with Crippen LogP contribution in [-0.2, 0) is 14.3 Å². The van der Waals surface area contributed by atoms with Crippen LogP contribution in [0, 0.1) is 6.92 Å². The molecule has 1 amide bonds. The molecule has 2 aromatic carbocycles. The second-order valence-corrected chi connectivity index (χ2v) is 6.97. The maximum Gasteiger partial charge on any atom is 0.295 e. The van der Waals surface area contributed by atoms with Crippen LogP contribution in [-0.4, -0.2) is 47.1 Å². The number of hydrogen-bond acceptors (Lipinski definition) is 5. The first-order chi connectivity index (χ1) is 13.3. The molecule has 0 aliphatic carbocycles. The first kappa shape index (κ1) is 19.9. The average molecular weight is 402 g/mol. The first-order valence-corrected chi connectivity index (χ1v) is 9.05. The van der Waals surface area contributed by atoms with E-state index in [0.29, 0.717) is 11.1 Å². The number of amides is 1. The molecule has 0 bridgehead atoms. The molecule has 1 aliphatic rings. The van der Waals surface area contributed by atoms with E-state index in [-0.39, 0.29) is 35.3 Å². The zero-order valence-electron chi connectivity index (χ0n) is 15.5. The number of rotatable bonds is 5. The largest absolute Gasteiger partial charge is 0.507 e. The number of hydrogen-bond donors (Lipinski definition) is 2.